The number of carbonyl (C=O) groups is 1. The molecule has 2 aromatic rings. The van der Waals surface area contributed by atoms with Gasteiger partial charge >= 0.3 is 5.97 Å². The summed E-state index contributed by atoms with van der Waals surface area (Å²) in [5, 5.41) is 3.49. The number of rotatable bonds is 6. The Balaban J connectivity index is 2.51. The molecule has 0 amide bonds. The number of carbonyl (C=O) groups excluding carboxylic acids is 1. The molecule has 0 atom stereocenters. The first kappa shape index (κ1) is 21.9. The van der Waals surface area contributed by atoms with E-state index in [1.165, 1.54) is 36.4 Å². The summed E-state index contributed by atoms with van der Waals surface area (Å²) in [6.07, 6.45) is 1.00. The molecule has 10 heteroatoms. The normalized spacial score (nSPS) is 12.0. The van der Waals surface area contributed by atoms with E-state index in [1.807, 2.05) is 0 Å². The molecule has 0 aliphatic heterocycles. The van der Waals surface area contributed by atoms with Crippen molar-refractivity contribution < 1.29 is 17.9 Å². The molecule has 2 rings (SSSR count). The summed E-state index contributed by atoms with van der Waals surface area (Å²) in [6.45, 7) is 1.55. The Kier molecular flexibility index (Phi) is 7.42. The van der Waals surface area contributed by atoms with E-state index in [2.05, 4.69) is 5.32 Å². The van der Waals surface area contributed by atoms with Crippen LogP contribution in [0.3, 0.4) is 0 Å². The quantitative estimate of drug-likeness (QED) is 0.441. The van der Waals surface area contributed by atoms with Gasteiger partial charge in [-0.15, -0.1) is 0 Å². The van der Waals surface area contributed by atoms with Crippen molar-refractivity contribution in [2.24, 2.45) is 0 Å². The van der Waals surface area contributed by atoms with Crippen molar-refractivity contribution >= 4 is 67.9 Å². The van der Waals surface area contributed by atoms with E-state index in [1.54, 1.807) is 6.92 Å². The lowest BCUT2D eigenvalue weighted by Crippen LogP contribution is -2.18. The van der Waals surface area contributed by atoms with Gasteiger partial charge in [0.1, 0.15) is 0 Å². The van der Waals surface area contributed by atoms with Gasteiger partial charge in [-0.3, -0.25) is 0 Å². The maximum atomic E-state index is 12.9. The van der Waals surface area contributed by atoms with E-state index in [-0.39, 0.29) is 21.5 Å². The fraction of sp³-hybridized carbons (Fsp3) is 0.118. The smallest absolute Gasteiger partial charge is 0.351 e. The molecule has 0 aliphatic rings. The number of sulfone groups is 1. The lowest BCUT2D eigenvalue weighted by atomic mass is 10.3. The lowest BCUT2D eigenvalue weighted by Gasteiger charge is -2.11. The van der Waals surface area contributed by atoms with Crippen LogP contribution >= 0.6 is 46.4 Å². The summed E-state index contributed by atoms with van der Waals surface area (Å²) in [4.78, 5) is 11.4. The molecule has 0 fully saturated rings. The predicted molar refractivity (Wildman–Crippen MR) is 108 cm³/mol. The Morgan fingerprint density at radius 3 is 2.22 bits per heavy atom. The Labute approximate surface area is 176 Å². The van der Waals surface area contributed by atoms with Gasteiger partial charge in [-0.05, 0) is 43.3 Å². The van der Waals surface area contributed by atoms with Crippen LogP contribution in [0, 0.1) is 0 Å². The fourth-order valence-corrected chi connectivity index (χ4v) is 4.58. The Bertz CT molecular complexity index is 986. The zero-order valence-corrected chi connectivity index (χ0v) is 17.6. The van der Waals surface area contributed by atoms with Crippen LogP contribution in [-0.4, -0.2) is 21.0 Å². The van der Waals surface area contributed by atoms with Crippen LogP contribution in [-0.2, 0) is 19.4 Å². The van der Waals surface area contributed by atoms with Gasteiger partial charge in [0.05, 0.1) is 16.5 Å². The topological polar surface area (TPSA) is 72.5 Å². The zero-order valence-electron chi connectivity index (χ0n) is 13.8. The van der Waals surface area contributed by atoms with Crippen LogP contribution in [0.1, 0.15) is 6.92 Å². The van der Waals surface area contributed by atoms with Gasteiger partial charge in [-0.25, -0.2) is 13.2 Å². The number of esters is 1. The molecule has 0 unspecified atom stereocenters. The average Bonchev–Trinajstić information content (AvgIpc) is 2.53. The van der Waals surface area contributed by atoms with Crippen molar-refractivity contribution in [1.82, 2.24) is 0 Å². The summed E-state index contributed by atoms with van der Waals surface area (Å²) in [5.41, 5.74) is 0.381. The van der Waals surface area contributed by atoms with Crippen molar-refractivity contribution in [3.8, 4) is 0 Å². The molecule has 144 valence electrons. The van der Waals surface area contributed by atoms with Gasteiger partial charge in [0.15, 0.2) is 4.91 Å². The van der Waals surface area contributed by atoms with E-state index in [4.69, 9.17) is 51.1 Å². The molecule has 1 N–H and O–H groups in total. The summed E-state index contributed by atoms with van der Waals surface area (Å²) in [6, 6.07) is 8.36. The Hall–Kier alpha value is -1.44. The molecule has 0 saturated heterocycles. The third-order valence-corrected chi connectivity index (χ3v) is 6.08. The molecule has 0 bridgehead atoms. The highest BCUT2D eigenvalue weighted by Crippen LogP contribution is 2.30. The third kappa shape index (κ3) is 5.53. The monoisotopic (exact) mass is 467 g/mol. The first-order valence-electron chi connectivity index (χ1n) is 7.45. The highest BCUT2D eigenvalue weighted by Gasteiger charge is 2.30. The van der Waals surface area contributed by atoms with Crippen LogP contribution < -0.4 is 5.32 Å². The predicted octanol–water partition coefficient (Wildman–Crippen LogP) is 5.59. The minimum absolute atomic E-state index is 0.0109. The van der Waals surface area contributed by atoms with Gasteiger partial charge in [-0.1, -0.05) is 46.4 Å². The molecule has 0 radical (unpaired) electrons. The van der Waals surface area contributed by atoms with Crippen LogP contribution in [0.4, 0.5) is 5.69 Å². The van der Waals surface area contributed by atoms with Gasteiger partial charge < -0.3 is 10.1 Å². The van der Waals surface area contributed by atoms with Crippen molar-refractivity contribution in [2.45, 2.75) is 11.8 Å². The SMILES string of the molecule is CCOC(=O)/C(=C\Nc1cc(Cl)cc(Cl)c1)S(=O)(=O)c1ccc(Cl)cc1Cl. The molecule has 0 heterocycles. The minimum atomic E-state index is -4.29. The van der Waals surface area contributed by atoms with E-state index < -0.39 is 20.7 Å². The molecule has 0 aliphatic carbocycles. The van der Waals surface area contributed by atoms with Crippen molar-refractivity contribution in [3.63, 3.8) is 0 Å². The van der Waals surface area contributed by atoms with Crippen LogP contribution in [0.25, 0.3) is 0 Å². The molecular weight excluding hydrogens is 456 g/mol. The molecule has 2 aromatic carbocycles. The van der Waals surface area contributed by atoms with E-state index in [0.29, 0.717) is 15.7 Å². The first-order valence-corrected chi connectivity index (χ1v) is 10.4. The van der Waals surface area contributed by atoms with Gasteiger partial charge in [0.25, 0.3) is 0 Å². The second-order valence-corrected chi connectivity index (χ2v) is 8.71. The van der Waals surface area contributed by atoms with Gasteiger partial charge in [0, 0.05) is 27.0 Å². The molecule has 0 aromatic heterocycles. The molecule has 5 nitrogen and oxygen atoms in total. The molecular formula is C17H13Cl4NO4S. The van der Waals surface area contributed by atoms with Gasteiger partial charge in [0.2, 0.25) is 9.84 Å². The largest absolute Gasteiger partial charge is 0.462 e. The summed E-state index contributed by atoms with van der Waals surface area (Å²) < 4.78 is 30.8. The Morgan fingerprint density at radius 2 is 1.67 bits per heavy atom. The fourth-order valence-electron chi connectivity index (χ4n) is 2.05. The molecule has 0 spiro atoms. The lowest BCUT2D eigenvalue weighted by molar-refractivity contribution is -0.137. The van der Waals surface area contributed by atoms with Crippen molar-refractivity contribution in [3.05, 3.63) is 67.6 Å². The highest BCUT2D eigenvalue weighted by molar-refractivity contribution is 7.96. The number of nitrogens with one attached hydrogen (secondary N) is 1. The van der Waals surface area contributed by atoms with Crippen molar-refractivity contribution in [1.29, 1.82) is 0 Å². The van der Waals surface area contributed by atoms with Crippen LogP contribution in [0.2, 0.25) is 20.1 Å². The Morgan fingerprint density at radius 1 is 1.04 bits per heavy atom. The van der Waals surface area contributed by atoms with Crippen LogP contribution in [0.5, 0.6) is 0 Å². The maximum Gasteiger partial charge on any atom is 0.351 e. The van der Waals surface area contributed by atoms with Gasteiger partial charge in [-0.2, -0.15) is 0 Å². The van der Waals surface area contributed by atoms with E-state index >= 15 is 0 Å². The third-order valence-electron chi connectivity index (χ3n) is 3.18. The summed E-state index contributed by atoms with van der Waals surface area (Å²) in [7, 11) is -4.29. The van der Waals surface area contributed by atoms with Crippen LogP contribution in [0.15, 0.2) is 52.4 Å². The number of hydrogen-bond donors (Lipinski definition) is 1. The second-order valence-electron chi connectivity index (χ2n) is 5.11. The minimum Gasteiger partial charge on any atom is -0.462 e. The van der Waals surface area contributed by atoms with E-state index in [9.17, 15) is 13.2 Å². The number of anilines is 1. The zero-order chi connectivity index (χ0) is 20.2. The summed E-state index contributed by atoms with van der Waals surface area (Å²) >= 11 is 23.6. The van der Waals surface area contributed by atoms with E-state index in [0.717, 1.165) is 6.20 Å². The standard InChI is InChI=1S/C17H13Cl4NO4S/c1-2-26-17(23)16(9-22-13-6-11(19)5-12(20)7-13)27(24,25)15-4-3-10(18)8-14(15)21/h3-9,22H,2H2,1H3/b16-9+. The first-order chi connectivity index (χ1) is 12.6. The maximum absolute atomic E-state index is 12.9. The number of hydrogen-bond acceptors (Lipinski definition) is 5. The molecule has 27 heavy (non-hydrogen) atoms. The summed E-state index contributed by atoms with van der Waals surface area (Å²) in [5.74, 6) is -1.04. The number of benzene rings is 2. The number of ether oxygens (including phenoxy) is 1. The van der Waals surface area contributed by atoms with Crippen molar-refractivity contribution in [2.75, 3.05) is 11.9 Å². The highest BCUT2D eigenvalue weighted by atomic mass is 35.5. The second kappa shape index (κ2) is 9.17. The molecule has 0 saturated carbocycles. The average molecular weight is 469 g/mol. The number of halogens is 4.